The number of methoxy groups -OCH3 is 1. The highest BCUT2D eigenvalue weighted by Crippen LogP contribution is 2.37. The van der Waals surface area contributed by atoms with Crippen LogP contribution in [0.2, 0.25) is 5.15 Å². The molecule has 1 unspecified atom stereocenters. The molecule has 0 aliphatic rings. The molecule has 144 valence electrons. The Labute approximate surface area is 163 Å². The Balaban J connectivity index is 2.58. The zero-order valence-electron chi connectivity index (χ0n) is 15.7. The molecule has 0 aliphatic carbocycles. The molecule has 0 radical (unpaired) electrons. The first-order valence-electron chi connectivity index (χ1n) is 8.52. The van der Waals surface area contributed by atoms with E-state index in [9.17, 15) is 9.59 Å². The highest BCUT2D eigenvalue weighted by atomic mass is 35.5. The van der Waals surface area contributed by atoms with E-state index in [-0.39, 0.29) is 29.7 Å². The molecule has 1 heterocycles. The van der Waals surface area contributed by atoms with Crippen molar-refractivity contribution in [2.45, 2.75) is 33.3 Å². The summed E-state index contributed by atoms with van der Waals surface area (Å²) in [6.07, 6.45) is 0. The molecule has 0 amide bonds. The van der Waals surface area contributed by atoms with Crippen molar-refractivity contribution in [2.75, 3.05) is 13.7 Å². The van der Waals surface area contributed by atoms with Crippen molar-refractivity contribution in [3.63, 3.8) is 0 Å². The molecule has 1 aromatic heterocycles. The van der Waals surface area contributed by atoms with E-state index in [2.05, 4.69) is 4.98 Å². The summed E-state index contributed by atoms with van der Waals surface area (Å²) in [7, 11) is 1.30. The largest absolute Gasteiger partial charge is 0.487 e. The predicted octanol–water partition coefficient (Wildman–Crippen LogP) is 4.08. The molecular weight excluding hydrogens is 370 g/mol. The monoisotopic (exact) mass is 391 g/mol. The van der Waals surface area contributed by atoms with Crippen molar-refractivity contribution in [3.05, 3.63) is 57.9 Å². The van der Waals surface area contributed by atoms with E-state index in [1.165, 1.54) is 7.11 Å². The molecule has 0 spiro atoms. The van der Waals surface area contributed by atoms with Crippen LogP contribution in [0, 0.1) is 6.92 Å². The maximum atomic E-state index is 12.5. The third kappa shape index (κ3) is 4.77. The van der Waals surface area contributed by atoms with E-state index >= 15 is 0 Å². The van der Waals surface area contributed by atoms with Crippen LogP contribution in [-0.2, 0) is 20.9 Å². The van der Waals surface area contributed by atoms with E-state index in [1.54, 1.807) is 20.8 Å². The van der Waals surface area contributed by atoms with Gasteiger partial charge in [-0.25, -0.2) is 9.78 Å². The van der Waals surface area contributed by atoms with Gasteiger partial charge >= 0.3 is 11.9 Å². The third-order valence-electron chi connectivity index (χ3n) is 4.03. The first kappa shape index (κ1) is 20.7. The molecule has 27 heavy (non-hydrogen) atoms. The van der Waals surface area contributed by atoms with Crippen LogP contribution in [-0.4, -0.2) is 30.6 Å². The number of carbonyl (C=O) groups excluding carboxylic acids is 2. The lowest BCUT2D eigenvalue weighted by atomic mass is 9.96. The van der Waals surface area contributed by atoms with E-state index in [0.29, 0.717) is 11.3 Å². The minimum absolute atomic E-state index is 0.00537. The number of carbonyl (C=O) groups is 2. The fourth-order valence-corrected chi connectivity index (χ4v) is 3.01. The summed E-state index contributed by atoms with van der Waals surface area (Å²) in [5.41, 5.74) is 1.83. The van der Waals surface area contributed by atoms with E-state index in [1.807, 2.05) is 30.3 Å². The molecule has 0 fully saturated rings. The lowest BCUT2D eigenvalue weighted by Gasteiger charge is -2.21. The molecule has 0 saturated heterocycles. The number of rotatable bonds is 7. The predicted molar refractivity (Wildman–Crippen MR) is 101 cm³/mol. The van der Waals surface area contributed by atoms with Gasteiger partial charge in [0.05, 0.1) is 19.6 Å². The summed E-state index contributed by atoms with van der Waals surface area (Å²) in [5.74, 6) is -1.63. The molecule has 0 bridgehead atoms. The van der Waals surface area contributed by atoms with Gasteiger partial charge in [0, 0.05) is 11.3 Å². The molecular formula is C20H22ClNO5. The van der Waals surface area contributed by atoms with Crippen LogP contribution < -0.4 is 4.74 Å². The van der Waals surface area contributed by atoms with Gasteiger partial charge in [0.25, 0.3) is 0 Å². The maximum Gasteiger partial charge on any atom is 0.345 e. The van der Waals surface area contributed by atoms with Crippen LogP contribution in [0.15, 0.2) is 30.3 Å². The summed E-state index contributed by atoms with van der Waals surface area (Å²) < 4.78 is 15.9. The summed E-state index contributed by atoms with van der Waals surface area (Å²) >= 11 is 6.23. The maximum absolute atomic E-state index is 12.5. The Morgan fingerprint density at radius 2 is 1.89 bits per heavy atom. The number of hydrogen-bond donors (Lipinski definition) is 0. The third-order valence-corrected chi connectivity index (χ3v) is 4.30. The number of nitrogens with zero attached hydrogens (tertiary/aromatic N) is 1. The van der Waals surface area contributed by atoms with Gasteiger partial charge in [0.2, 0.25) is 0 Å². The molecule has 0 saturated carbocycles. The summed E-state index contributed by atoms with van der Waals surface area (Å²) in [6.45, 7) is 5.41. The SMILES string of the molecule is CCOC(=O)c1c(Cl)nc(C)c(C(C)C(=O)OC)c1OCc1ccccc1. The molecule has 0 N–H and O–H groups in total. The van der Waals surface area contributed by atoms with Crippen molar-refractivity contribution in [1.82, 2.24) is 4.98 Å². The number of esters is 2. The average molecular weight is 392 g/mol. The lowest BCUT2D eigenvalue weighted by molar-refractivity contribution is -0.142. The Kier molecular flexibility index (Phi) is 7.19. The normalized spacial score (nSPS) is 11.6. The van der Waals surface area contributed by atoms with Crippen molar-refractivity contribution in [3.8, 4) is 5.75 Å². The smallest absolute Gasteiger partial charge is 0.345 e. The number of benzene rings is 1. The highest BCUT2D eigenvalue weighted by Gasteiger charge is 2.30. The molecule has 2 rings (SSSR count). The van der Waals surface area contributed by atoms with Crippen LogP contribution in [0.1, 0.15) is 46.9 Å². The molecule has 0 aliphatic heterocycles. The second-order valence-corrected chi connectivity index (χ2v) is 6.20. The van der Waals surface area contributed by atoms with Gasteiger partial charge in [0.1, 0.15) is 23.1 Å². The minimum atomic E-state index is -0.696. The fourth-order valence-electron chi connectivity index (χ4n) is 2.72. The fraction of sp³-hybridized carbons (Fsp3) is 0.350. The highest BCUT2D eigenvalue weighted by molar-refractivity contribution is 6.32. The molecule has 2 aromatic rings. The van der Waals surface area contributed by atoms with Crippen LogP contribution in [0.5, 0.6) is 5.75 Å². The molecule has 6 nitrogen and oxygen atoms in total. The summed E-state index contributed by atoms with van der Waals surface area (Å²) in [6, 6.07) is 9.44. The van der Waals surface area contributed by atoms with Crippen molar-refractivity contribution in [1.29, 1.82) is 0 Å². The second-order valence-electron chi connectivity index (χ2n) is 5.85. The number of hydrogen-bond acceptors (Lipinski definition) is 6. The van der Waals surface area contributed by atoms with E-state index in [0.717, 1.165) is 5.56 Å². The van der Waals surface area contributed by atoms with Crippen LogP contribution in [0.4, 0.5) is 0 Å². The Morgan fingerprint density at radius 1 is 1.22 bits per heavy atom. The van der Waals surface area contributed by atoms with Crippen molar-refractivity contribution >= 4 is 23.5 Å². The number of aromatic nitrogens is 1. The molecule has 7 heteroatoms. The molecule has 1 atom stereocenters. The Morgan fingerprint density at radius 3 is 2.48 bits per heavy atom. The number of pyridine rings is 1. The van der Waals surface area contributed by atoms with Crippen LogP contribution >= 0.6 is 11.6 Å². The standard InChI is InChI=1S/C20H22ClNO5/c1-5-26-20(24)16-17(27-11-14-9-7-6-8-10-14)15(12(2)19(23)25-4)13(3)22-18(16)21/h6-10,12H,5,11H2,1-4H3. The van der Waals surface area contributed by atoms with Gasteiger partial charge in [-0.15, -0.1) is 0 Å². The Hall–Kier alpha value is -2.60. The van der Waals surface area contributed by atoms with E-state index < -0.39 is 17.9 Å². The number of aryl methyl sites for hydroxylation is 1. The van der Waals surface area contributed by atoms with Gasteiger partial charge in [-0.3, -0.25) is 4.79 Å². The first-order valence-corrected chi connectivity index (χ1v) is 8.90. The van der Waals surface area contributed by atoms with Crippen molar-refractivity contribution in [2.24, 2.45) is 0 Å². The van der Waals surface area contributed by atoms with Crippen LogP contribution in [0.3, 0.4) is 0 Å². The summed E-state index contributed by atoms with van der Waals surface area (Å²) in [4.78, 5) is 28.8. The Bertz CT molecular complexity index is 823. The zero-order valence-corrected chi connectivity index (χ0v) is 16.5. The minimum Gasteiger partial charge on any atom is -0.487 e. The average Bonchev–Trinajstić information content (AvgIpc) is 2.65. The first-order chi connectivity index (χ1) is 12.9. The topological polar surface area (TPSA) is 74.7 Å². The quantitative estimate of drug-likeness (QED) is 0.523. The lowest BCUT2D eigenvalue weighted by Crippen LogP contribution is -2.18. The van der Waals surface area contributed by atoms with Gasteiger partial charge in [-0.1, -0.05) is 41.9 Å². The van der Waals surface area contributed by atoms with Crippen LogP contribution in [0.25, 0.3) is 0 Å². The second kappa shape index (κ2) is 9.37. The van der Waals surface area contributed by atoms with Gasteiger partial charge in [0.15, 0.2) is 0 Å². The van der Waals surface area contributed by atoms with Crippen molar-refractivity contribution < 1.29 is 23.8 Å². The van der Waals surface area contributed by atoms with Gasteiger partial charge in [-0.05, 0) is 26.3 Å². The zero-order chi connectivity index (χ0) is 20.0. The summed E-state index contributed by atoms with van der Waals surface area (Å²) in [5, 5.41) is -0.0326. The van der Waals surface area contributed by atoms with Gasteiger partial charge < -0.3 is 14.2 Å². The number of halogens is 1. The number of ether oxygens (including phenoxy) is 3. The molecule has 1 aromatic carbocycles. The van der Waals surface area contributed by atoms with Gasteiger partial charge in [-0.2, -0.15) is 0 Å². The van der Waals surface area contributed by atoms with E-state index in [4.69, 9.17) is 25.8 Å².